The number of carboxylic acid groups (broad SMARTS) is 2. The topological polar surface area (TPSA) is 214 Å². The molecule has 0 saturated carbocycles. The molecule has 0 aromatic heterocycles. The lowest BCUT2D eigenvalue weighted by Gasteiger charge is -2.27. The number of unbranched alkanes of at least 4 members (excludes halogenated alkanes) is 1. The summed E-state index contributed by atoms with van der Waals surface area (Å²) in [6, 6.07) is -4.71. The molecule has 3 amide bonds. The lowest BCUT2D eigenvalue weighted by atomic mass is 9.98. The van der Waals surface area contributed by atoms with Crippen LogP contribution in [0, 0.1) is 11.8 Å². The summed E-state index contributed by atoms with van der Waals surface area (Å²) in [4.78, 5) is 60.6. The van der Waals surface area contributed by atoms with E-state index in [1.807, 2.05) is 6.92 Å². The molecule has 0 radical (unpaired) electrons. The average Bonchev–Trinajstić information content (AvgIpc) is 2.74. The van der Waals surface area contributed by atoms with Gasteiger partial charge in [-0.25, -0.2) is 4.79 Å². The van der Waals surface area contributed by atoms with Crippen molar-refractivity contribution in [3.05, 3.63) is 0 Å². The minimum absolute atomic E-state index is 0.169. The van der Waals surface area contributed by atoms with Crippen molar-refractivity contribution >= 4 is 29.7 Å². The molecule has 5 atom stereocenters. The van der Waals surface area contributed by atoms with Gasteiger partial charge in [-0.05, 0) is 37.6 Å². The maximum absolute atomic E-state index is 12.8. The molecule has 0 aromatic rings. The zero-order valence-corrected chi connectivity index (χ0v) is 19.8. The molecule has 0 aliphatic heterocycles. The molecular formula is C21H39N5O7. The summed E-state index contributed by atoms with van der Waals surface area (Å²) in [5.74, 6) is -5.48. The van der Waals surface area contributed by atoms with Crippen molar-refractivity contribution < 1.29 is 34.2 Å². The number of aliphatic carboxylic acids is 2. The molecule has 5 unspecified atom stereocenters. The fourth-order valence-corrected chi connectivity index (χ4v) is 2.96. The molecule has 0 aliphatic carbocycles. The van der Waals surface area contributed by atoms with Crippen LogP contribution in [0.15, 0.2) is 0 Å². The van der Waals surface area contributed by atoms with Crippen LogP contribution in [0.5, 0.6) is 0 Å². The van der Waals surface area contributed by atoms with Crippen molar-refractivity contribution in [2.24, 2.45) is 23.3 Å². The van der Waals surface area contributed by atoms with E-state index in [1.165, 1.54) is 0 Å². The smallest absolute Gasteiger partial charge is 0.326 e. The second kappa shape index (κ2) is 15.2. The second-order valence-corrected chi connectivity index (χ2v) is 8.48. The van der Waals surface area contributed by atoms with E-state index in [9.17, 15) is 29.1 Å². The summed E-state index contributed by atoms with van der Waals surface area (Å²) in [5.41, 5.74) is 11.3. The monoisotopic (exact) mass is 473 g/mol. The van der Waals surface area contributed by atoms with E-state index in [2.05, 4.69) is 16.0 Å². The molecular weight excluding hydrogens is 434 g/mol. The van der Waals surface area contributed by atoms with Gasteiger partial charge in [-0.2, -0.15) is 0 Å². The predicted octanol–water partition coefficient (Wildman–Crippen LogP) is -0.841. The molecule has 0 heterocycles. The minimum atomic E-state index is -1.46. The van der Waals surface area contributed by atoms with Crippen LogP contribution in [-0.4, -0.2) is 70.6 Å². The SMILES string of the molecule is CCC(C)C(N)C(=O)NC(CC(=O)O)C(=O)NC(C(=O)NC(CCCCN)C(=O)O)C(C)C. The molecule has 0 fully saturated rings. The zero-order chi connectivity index (χ0) is 25.7. The van der Waals surface area contributed by atoms with Crippen molar-refractivity contribution in [2.45, 2.75) is 84.0 Å². The van der Waals surface area contributed by atoms with Gasteiger partial charge in [0.2, 0.25) is 17.7 Å². The Morgan fingerprint density at radius 2 is 1.42 bits per heavy atom. The third kappa shape index (κ3) is 11.1. The first-order chi connectivity index (χ1) is 15.3. The van der Waals surface area contributed by atoms with Gasteiger partial charge < -0.3 is 37.6 Å². The van der Waals surface area contributed by atoms with Gasteiger partial charge in [0, 0.05) is 0 Å². The van der Waals surface area contributed by atoms with Crippen molar-refractivity contribution in [3.8, 4) is 0 Å². The lowest BCUT2D eigenvalue weighted by Crippen LogP contribution is -2.59. The summed E-state index contributed by atoms with van der Waals surface area (Å²) >= 11 is 0. The number of carbonyl (C=O) groups excluding carboxylic acids is 3. The van der Waals surface area contributed by atoms with Crippen molar-refractivity contribution in [1.29, 1.82) is 0 Å². The van der Waals surface area contributed by atoms with Gasteiger partial charge in [-0.15, -0.1) is 0 Å². The normalized spacial score (nSPS) is 15.6. The number of amides is 3. The highest BCUT2D eigenvalue weighted by atomic mass is 16.4. The van der Waals surface area contributed by atoms with Crippen LogP contribution >= 0.6 is 0 Å². The van der Waals surface area contributed by atoms with Gasteiger partial charge in [-0.3, -0.25) is 19.2 Å². The molecule has 9 N–H and O–H groups in total. The van der Waals surface area contributed by atoms with E-state index in [-0.39, 0.29) is 12.3 Å². The van der Waals surface area contributed by atoms with Gasteiger partial charge in [0.25, 0.3) is 0 Å². The van der Waals surface area contributed by atoms with E-state index in [4.69, 9.17) is 16.6 Å². The highest BCUT2D eigenvalue weighted by Crippen LogP contribution is 2.09. The Labute approximate surface area is 194 Å². The van der Waals surface area contributed by atoms with Crippen LogP contribution in [0.1, 0.15) is 59.8 Å². The lowest BCUT2D eigenvalue weighted by molar-refractivity contribution is -0.143. The summed E-state index contributed by atoms with van der Waals surface area (Å²) < 4.78 is 0. The number of carbonyl (C=O) groups is 5. The van der Waals surface area contributed by atoms with Crippen LogP contribution < -0.4 is 27.4 Å². The quantitative estimate of drug-likeness (QED) is 0.139. The first kappa shape index (κ1) is 30.3. The molecule has 0 aliphatic rings. The number of nitrogens with two attached hydrogens (primary N) is 2. The summed E-state index contributed by atoms with van der Waals surface area (Å²) in [7, 11) is 0. The predicted molar refractivity (Wildman–Crippen MR) is 121 cm³/mol. The van der Waals surface area contributed by atoms with E-state index in [0.717, 1.165) is 0 Å². The number of hydrogen-bond acceptors (Lipinski definition) is 7. The fraction of sp³-hybridized carbons (Fsp3) is 0.762. The average molecular weight is 474 g/mol. The maximum atomic E-state index is 12.8. The van der Waals surface area contributed by atoms with E-state index < -0.39 is 66.2 Å². The van der Waals surface area contributed by atoms with E-state index in [1.54, 1.807) is 20.8 Å². The maximum Gasteiger partial charge on any atom is 0.326 e. The molecule has 0 bridgehead atoms. The van der Waals surface area contributed by atoms with Crippen molar-refractivity contribution in [1.82, 2.24) is 16.0 Å². The van der Waals surface area contributed by atoms with E-state index in [0.29, 0.717) is 25.8 Å². The number of nitrogens with one attached hydrogen (secondary N) is 3. The van der Waals surface area contributed by atoms with Crippen LogP contribution in [0.3, 0.4) is 0 Å². The zero-order valence-electron chi connectivity index (χ0n) is 19.8. The summed E-state index contributed by atoms with van der Waals surface area (Å²) in [6.45, 7) is 7.26. The Balaban J connectivity index is 5.42. The third-order valence-corrected chi connectivity index (χ3v) is 5.38. The number of carboxylic acids is 2. The van der Waals surface area contributed by atoms with Gasteiger partial charge in [0.15, 0.2) is 0 Å². The van der Waals surface area contributed by atoms with Crippen molar-refractivity contribution in [2.75, 3.05) is 6.54 Å². The molecule has 0 spiro atoms. The number of hydrogen-bond donors (Lipinski definition) is 7. The molecule has 33 heavy (non-hydrogen) atoms. The molecule has 190 valence electrons. The van der Waals surface area contributed by atoms with Crippen LogP contribution in [-0.2, 0) is 24.0 Å². The molecule has 12 nitrogen and oxygen atoms in total. The Kier molecular flexibility index (Phi) is 13.9. The standard InChI is InChI=1S/C21H39N5O7/c1-5-12(4)16(23)19(30)25-14(10-15(27)28)18(29)26-17(11(2)3)20(31)24-13(21(32)33)8-6-7-9-22/h11-14,16-17H,5-10,22-23H2,1-4H3,(H,24,31)(H,25,30)(H,26,29)(H,27,28)(H,32,33). The summed E-state index contributed by atoms with van der Waals surface area (Å²) in [6.07, 6.45) is 1.15. The molecule has 0 rings (SSSR count). The highest BCUT2D eigenvalue weighted by molar-refractivity contribution is 5.95. The van der Waals surface area contributed by atoms with E-state index >= 15 is 0 Å². The van der Waals surface area contributed by atoms with Gasteiger partial charge >= 0.3 is 11.9 Å². The van der Waals surface area contributed by atoms with Crippen LogP contribution in [0.2, 0.25) is 0 Å². The van der Waals surface area contributed by atoms with Gasteiger partial charge in [0.05, 0.1) is 12.5 Å². The molecule has 0 saturated heterocycles. The Hall–Kier alpha value is -2.73. The largest absolute Gasteiger partial charge is 0.481 e. The highest BCUT2D eigenvalue weighted by Gasteiger charge is 2.33. The van der Waals surface area contributed by atoms with Gasteiger partial charge in [0.1, 0.15) is 18.1 Å². The fourth-order valence-electron chi connectivity index (χ4n) is 2.96. The van der Waals surface area contributed by atoms with Crippen LogP contribution in [0.4, 0.5) is 0 Å². The Morgan fingerprint density at radius 1 is 0.848 bits per heavy atom. The van der Waals surface area contributed by atoms with Crippen LogP contribution in [0.25, 0.3) is 0 Å². The first-order valence-corrected chi connectivity index (χ1v) is 11.2. The minimum Gasteiger partial charge on any atom is -0.481 e. The number of rotatable bonds is 16. The van der Waals surface area contributed by atoms with Gasteiger partial charge in [-0.1, -0.05) is 34.1 Å². The van der Waals surface area contributed by atoms with Crippen molar-refractivity contribution in [3.63, 3.8) is 0 Å². The second-order valence-electron chi connectivity index (χ2n) is 8.48. The third-order valence-electron chi connectivity index (χ3n) is 5.38. The molecule has 12 heteroatoms. The first-order valence-electron chi connectivity index (χ1n) is 11.2. The Bertz CT molecular complexity index is 686. The summed E-state index contributed by atoms with van der Waals surface area (Å²) in [5, 5.41) is 25.7. The Morgan fingerprint density at radius 3 is 1.88 bits per heavy atom. The molecule has 0 aromatic carbocycles.